The molecular formula is C17H26N2O. The molecule has 1 spiro atoms. The van der Waals surface area contributed by atoms with Crippen molar-refractivity contribution in [1.82, 2.24) is 4.98 Å². The first-order valence-electron chi connectivity index (χ1n) is 8.08. The quantitative estimate of drug-likeness (QED) is 0.893. The molecule has 20 heavy (non-hydrogen) atoms. The van der Waals surface area contributed by atoms with E-state index in [2.05, 4.69) is 9.88 Å². The van der Waals surface area contributed by atoms with E-state index < -0.39 is 6.10 Å². The van der Waals surface area contributed by atoms with Gasteiger partial charge >= 0.3 is 0 Å². The van der Waals surface area contributed by atoms with Gasteiger partial charge in [-0.3, -0.25) is 0 Å². The van der Waals surface area contributed by atoms with Gasteiger partial charge in [0.25, 0.3) is 0 Å². The molecule has 110 valence electrons. The third-order valence-corrected chi connectivity index (χ3v) is 5.31. The highest BCUT2D eigenvalue weighted by Crippen LogP contribution is 2.44. The van der Waals surface area contributed by atoms with Gasteiger partial charge < -0.3 is 10.0 Å². The maximum absolute atomic E-state index is 9.70. The van der Waals surface area contributed by atoms with E-state index in [1.54, 1.807) is 0 Å². The van der Waals surface area contributed by atoms with E-state index in [1.165, 1.54) is 44.9 Å². The van der Waals surface area contributed by atoms with Crippen LogP contribution in [0.15, 0.2) is 18.3 Å². The van der Waals surface area contributed by atoms with Gasteiger partial charge in [-0.25, -0.2) is 4.98 Å². The van der Waals surface area contributed by atoms with E-state index in [4.69, 9.17) is 0 Å². The lowest BCUT2D eigenvalue weighted by Crippen LogP contribution is -2.41. The van der Waals surface area contributed by atoms with Gasteiger partial charge in [0.15, 0.2) is 0 Å². The van der Waals surface area contributed by atoms with Crippen LogP contribution >= 0.6 is 0 Å². The molecule has 0 aromatic carbocycles. The van der Waals surface area contributed by atoms with Gasteiger partial charge in [0.05, 0.1) is 6.10 Å². The number of pyridine rings is 1. The number of nitrogens with zero attached hydrogens (tertiary/aromatic N) is 2. The number of hydrogen-bond donors (Lipinski definition) is 1. The van der Waals surface area contributed by atoms with Crippen LogP contribution in [0.1, 0.15) is 63.5 Å². The Hall–Kier alpha value is -1.09. The molecule has 1 saturated heterocycles. The second kappa shape index (κ2) is 5.72. The molecule has 1 atom stereocenters. The lowest BCUT2D eigenvalue weighted by Gasteiger charge is -2.44. The van der Waals surface area contributed by atoms with Crippen LogP contribution in [0.4, 0.5) is 5.82 Å². The lowest BCUT2D eigenvalue weighted by molar-refractivity contribution is 0.144. The fourth-order valence-electron chi connectivity index (χ4n) is 3.88. The topological polar surface area (TPSA) is 36.4 Å². The molecule has 2 heterocycles. The SMILES string of the molecule is C[C@H](O)c1ccnc(N2CCC3(CCCCC3)CC2)c1. The van der Waals surface area contributed by atoms with Gasteiger partial charge in [-0.05, 0) is 55.7 Å². The smallest absolute Gasteiger partial charge is 0.128 e. The summed E-state index contributed by atoms with van der Waals surface area (Å²) in [7, 11) is 0. The summed E-state index contributed by atoms with van der Waals surface area (Å²) in [6.07, 6.45) is 11.2. The van der Waals surface area contributed by atoms with Crippen LogP contribution in [0.2, 0.25) is 0 Å². The summed E-state index contributed by atoms with van der Waals surface area (Å²) in [5, 5.41) is 9.70. The van der Waals surface area contributed by atoms with Crippen LogP contribution in [0.3, 0.4) is 0 Å². The fourth-order valence-corrected chi connectivity index (χ4v) is 3.88. The average Bonchev–Trinajstić information content (AvgIpc) is 2.49. The van der Waals surface area contributed by atoms with E-state index in [1.807, 2.05) is 25.3 Å². The summed E-state index contributed by atoms with van der Waals surface area (Å²) >= 11 is 0. The van der Waals surface area contributed by atoms with Crippen molar-refractivity contribution in [2.45, 2.75) is 58.0 Å². The summed E-state index contributed by atoms with van der Waals surface area (Å²) in [4.78, 5) is 6.89. The zero-order chi connectivity index (χ0) is 14.0. The normalized spacial score (nSPS) is 23.8. The van der Waals surface area contributed by atoms with Crippen molar-refractivity contribution in [2.24, 2.45) is 5.41 Å². The minimum absolute atomic E-state index is 0.411. The van der Waals surface area contributed by atoms with Crippen molar-refractivity contribution < 1.29 is 5.11 Å². The lowest BCUT2D eigenvalue weighted by atomic mass is 9.68. The van der Waals surface area contributed by atoms with Crippen LogP contribution in [-0.2, 0) is 0 Å². The number of aromatic nitrogens is 1. The molecule has 3 nitrogen and oxygen atoms in total. The van der Waals surface area contributed by atoms with Crippen molar-refractivity contribution in [3.05, 3.63) is 23.9 Å². The first-order valence-corrected chi connectivity index (χ1v) is 8.08. The highest BCUT2D eigenvalue weighted by atomic mass is 16.3. The first-order chi connectivity index (χ1) is 9.69. The number of rotatable bonds is 2. The Morgan fingerprint density at radius 2 is 1.85 bits per heavy atom. The zero-order valence-corrected chi connectivity index (χ0v) is 12.5. The minimum Gasteiger partial charge on any atom is -0.389 e. The van der Waals surface area contributed by atoms with E-state index in [9.17, 15) is 5.11 Å². The molecule has 3 rings (SSSR count). The van der Waals surface area contributed by atoms with Gasteiger partial charge in [-0.2, -0.15) is 0 Å². The second-order valence-electron chi connectivity index (χ2n) is 6.67. The standard InChI is InChI=1S/C17H26N2O/c1-14(20)15-5-10-18-16(13-15)19-11-8-17(9-12-19)6-3-2-4-7-17/h5,10,13-14,20H,2-4,6-9,11-12H2,1H3/t14-/m0/s1. The molecule has 1 saturated carbocycles. The molecule has 0 unspecified atom stereocenters. The van der Waals surface area contributed by atoms with Crippen LogP contribution in [-0.4, -0.2) is 23.2 Å². The first kappa shape index (κ1) is 13.9. The van der Waals surface area contributed by atoms with Crippen molar-refractivity contribution in [3.8, 4) is 0 Å². The maximum atomic E-state index is 9.70. The molecule has 2 fully saturated rings. The molecule has 1 aromatic heterocycles. The Kier molecular flexibility index (Phi) is 3.97. The van der Waals surface area contributed by atoms with Crippen molar-refractivity contribution in [1.29, 1.82) is 0 Å². The average molecular weight is 274 g/mol. The van der Waals surface area contributed by atoms with E-state index >= 15 is 0 Å². The Balaban J connectivity index is 1.67. The number of aliphatic hydroxyl groups is 1. The van der Waals surface area contributed by atoms with E-state index in [0.29, 0.717) is 5.41 Å². The van der Waals surface area contributed by atoms with Gasteiger partial charge in [-0.1, -0.05) is 19.3 Å². The molecule has 0 radical (unpaired) electrons. The molecule has 1 aliphatic carbocycles. The van der Waals surface area contributed by atoms with Crippen molar-refractivity contribution >= 4 is 5.82 Å². The molecular weight excluding hydrogens is 248 g/mol. The molecule has 0 bridgehead atoms. The summed E-state index contributed by atoms with van der Waals surface area (Å²) in [6, 6.07) is 3.95. The molecule has 1 aromatic rings. The summed E-state index contributed by atoms with van der Waals surface area (Å²) in [6.45, 7) is 4.05. The number of aliphatic hydroxyl groups excluding tert-OH is 1. The largest absolute Gasteiger partial charge is 0.389 e. The molecule has 0 amide bonds. The van der Waals surface area contributed by atoms with E-state index in [-0.39, 0.29) is 0 Å². The predicted molar refractivity (Wildman–Crippen MR) is 81.8 cm³/mol. The third kappa shape index (κ3) is 2.83. The van der Waals surface area contributed by atoms with Crippen LogP contribution < -0.4 is 4.90 Å². The molecule has 1 aliphatic heterocycles. The zero-order valence-electron chi connectivity index (χ0n) is 12.5. The summed E-state index contributed by atoms with van der Waals surface area (Å²) < 4.78 is 0. The van der Waals surface area contributed by atoms with E-state index in [0.717, 1.165) is 24.5 Å². The van der Waals surface area contributed by atoms with Crippen LogP contribution in [0.5, 0.6) is 0 Å². The predicted octanol–water partition coefficient (Wildman–Crippen LogP) is 3.69. The fraction of sp³-hybridized carbons (Fsp3) is 0.706. The van der Waals surface area contributed by atoms with Gasteiger partial charge in [0.1, 0.15) is 5.82 Å². The Bertz CT molecular complexity index is 442. The number of piperidine rings is 1. The Labute approximate surface area is 122 Å². The molecule has 3 heteroatoms. The monoisotopic (exact) mass is 274 g/mol. The van der Waals surface area contributed by atoms with Crippen molar-refractivity contribution in [3.63, 3.8) is 0 Å². The second-order valence-corrected chi connectivity index (χ2v) is 6.67. The van der Waals surface area contributed by atoms with Gasteiger partial charge in [-0.15, -0.1) is 0 Å². The Morgan fingerprint density at radius 3 is 2.50 bits per heavy atom. The number of anilines is 1. The highest BCUT2D eigenvalue weighted by Gasteiger charge is 2.35. The third-order valence-electron chi connectivity index (χ3n) is 5.31. The number of hydrogen-bond acceptors (Lipinski definition) is 3. The van der Waals surface area contributed by atoms with Gasteiger partial charge in [0.2, 0.25) is 0 Å². The highest BCUT2D eigenvalue weighted by molar-refractivity contribution is 5.42. The molecule has 2 aliphatic rings. The Morgan fingerprint density at radius 1 is 1.15 bits per heavy atom. The van der Waals surface area contributed by atoms with Gasteiger partial charge in [0, 0.05) is 19.3 Å². The van der Waals surface area contributed by atoms with Crippen LogP contribution in [0, 0.1) is 5.41 Å². The molecule has 1 N–H and O–H groups in total. The maximum Gasteiger partial charge on any atom is 0.128 e. The van der Waals surface area contributed by atoms with Crippen molar-refractivity contribution in [2.75, 3.05) is 18.0 Å². The summed E-state index contributed by atoms with van der Waals surface area (Å²) in [5.74, 6) is 1.04. The van der Waals surface area contributed by atoms with Crippen LogP contribution in [0.25, 0.3) is 0 Å². The minimum atomic E-state index is -0.411. The summed E-state index contributed by atoms with van der Waals surface area (Å²) in [5.41, 5.74) is 1.60.